The van der Waals surface area contributed by atoms with Crippen molar-refractivity contribution in [1.82, 2.24) is 14.6 Å². The number of sulfonamides is 1. The van der Waals surface area contributed by atoms with E-state index in [1.54, 1.807) is 11.8 Å². The van der Waals surface area contributed by atoms with Gasteiger partial charge in [-0.15, -0.1) is 0 Å². The maximum atomic E-state index is 12.9. The Morgan fingerprint density at radius 2 is 2.13 bits per heavy atom. The Hall–Kier alpha value is -1.86. The minimum absolute atomic E-state index is 0.103. The number of para-hydroxylation sites is 1. The molecule has 3 rings (SSSR count). The molecule has 1 atom stereocenters. The summed E-state index contributed by atoms with van der Waals surface area (Å²) < 4.78 is 26.8. The molecule has 0 saturated carbocycles. The predicted molar refractivity (Wildman–Crippen MR) is 89.9 cm³/mol. The van der Waals surface area contributed by atoms with E-state index in [1.165, 1.54) is 0 Å². The number of H-pyrrole nitrogens is 1. The van der Waals surface area contributed by atoms with Crippen LogP contribution in [0.3, 0.4) is 0 Å². The van der Waals surface area contributed by atoms with Gasteiger partial charge in [0.15, 0.2) is 0 Å². The lowest BCUT2D eigenvalue weighted by atomic mass is 10.1. The summed E-state index contributed by atoms with van der Waals surface area (Å²) in [5, 5.41) is 0.352. The third kappa shape index (κ3) is 2.86. The summed E-state index contributed by atoms with van der Waals surface area (Å²) in [6.45, 7) is 4.70. The van der Waals surface area contributed by atoms with E-state index in [0.29, 0.717) is 25.1 Å². The second kappa shape index (κ2) is 5.98. The van der Waals surface area contributed by atoms with E-state index in [0.717, 1.165) is 16.6 Å². The zero-order valence-electron chi connectivity index (χ0n) is 13.3. The van der Waals surface area contributed by atoms with Gasteiger partial charge in [-0.1, -0.05) is 25.1 Å². The number of aromatic nitrogens is 1. The lowest BCUT2D eigenvalue weighted by molar-refractivity contribution is 0.0794. The number of nitrogens with one attached hydrogen (secondary N) is 2. The van der Waals surface area contributed by atoms with E-state index in [1.807, 2.05) is 31.2 Å². The lowest BCUT2D eigenvalue weighted by Gasteiger charge is -2.17. The molecule has 0 aliphatic carbocycles. The van der Waals surface area contributed by atoms with Crippen molar-refractivity contribution in [2.24, 2.45) is 0 Å². The van der Waals surface area contributed by atoms with Crippen LogP contribution in [0.1, 0.15) is 29.4 Å². The number of amides is 1. The van der Waals surface area contributed by atoms with Crippen molar-refractivity contribution >= 4 is 26.8 Å². The summed E-state index contributed by atoms with van der Waals surface area (Å²) in [6, 6.07) is 7.66. The molecular weight excluding hydrogens is 314 g/mol. The van der Waals surface area contributed by atoms with Gasteiger partial charge >= 0.3 is 0 Å². The van der Waals surface area contributed by atoms with Crippen LogP contribution in [0.25, 0.3) is 10.9 Å². The molecule has 1 aliphatic heterocycles. The number of rotatable bonds is 4. The Kier molecular flexibility index (Phi) is 4.16. The first-order valence-electron chi connectivity index (χ1n) is 7.79. The molecular formula is C16H21N3O3S. The topological polar surface area (TPSA) is 82.3 Å². The fraction of sp³-hybridized carbons (Fsp3) is 0.438. The van der Waals surface area contributed by atoms with E-state index < -0.39 is 15.3 Å². The van der Waals surface area contributed by atoms with Gasteiger partial charge in [0.2, 0.25) is 10.0 Å². The molecule has 7 heteroatoms. The number of carbonyl (C=O) groups excluding carboxylic acids is 1. The number of likely N-dealkylation sites (tertiary alicyclic amines) is 1. The van der Waals surface area contributed by atoms with E-state index in [4.69, 9.17) is 0 Å². The van der Waals surface area contributed by atoms with Crippen LogP contribution in [-0.2, 0) is 10.0 Å². The molecule has 23 heavy (non-hydrogen) atoms. The molecule has 0 bridgehead atoms. The van der Waals surface area contributed by atoms with Crippen molar-refractivity contribution in [3.05, 3.63) is 35.5 Å². The minimum atomic E-state index is -3.35. The Labute approximate surface area is 135 Å². The van der Waals surface area contributed by atoms with Crippen molar-refractivity contribution in [1.29, 1.82) is 0 Å². The molecule has 0 spiro atoms. The van der Waals surface area contributed by atoms with Crippen LogP contribution in [0.4, 0.5) is 0 Å². The van der Waals surface area contributed by atoms with Crippen molar-refractivity contribution in [3.8, 4) is 0 Å². The fourth-order valence-corrected chi connectivity index (χ4v) is 4.63. The van der Waals surface area contributed by atoms with Crippen LogP contribution >= 0.6 is 0 Å². The molecule has 2 N–H and O–H groups in total. The van der Waals surface area contributed by atoms with Crippen LogP contribution in [0.2, 0.25) is 0 Å². The fourth-order valence-electron chi connectivity index (χ4n) is 3.20. The van der Waals surface area contributed by atoms with Gasteiger partial charge in [-0.3, -0.25) is 4.79 Å². The molecule has 1 aliphatic rings. The predicted octanol–water partition coefficient (Wildman–Crippen LogP) is 1.63. The molecule has 1 saturated heterocycles. The Balaban J connectivity index is 1.86. The van der Waals surface area contributed by atoms with Gasteiger partial charge in [0.05, 0.1) is 10.8 Å². The first-order chi connectivity index (χ1) is 10.9. The molecule has 0 radical (unpaired) electrons. The Morgan fingerprint density at radius 1 is 1.39 bits per heavy atom. The highest BCUT2D eigenvalue weighted by atomic mass is 32.2. The SMILES string of the molecule is CCNS(=O)(=O)C1CCN(C(=O)c2c(C)[nH]c3ccccc23)C1. The number of benzene rings is 1. The van der Waals surface area contributed by atoms with Gasteiger partial charge in [-0.25, -0.2) is 13.1 Å². The van der Waals surface area contributed by atoms with Crippen molar-refractivity contribution in [3.63, 3.8) is 0 Å². The number of fused-ring (bicyclic) bond motifs is 1. The Morgan fingerprint density at radius 3 is 2.87 bits per heavy atom. The first-order valence-corrected chi connectivity index (χ1v) is 9.33. The third-order valence-corrected chi connectivity index (χ3v) is 6.28. The first kappa shape index (κ1) is 16.0. The van der Waals surface area contributed by atoms with Gasteiger partial charge in [0, 0.05) is 36.2 Å². The van der Waals surface area contributed by atoms with Crippen LogP contribution in [-0.4, -0.2) is 49.1 Å². The highest BCUT2D eigenvalue weighted by Crippen LogP contribution is 2.26. The summed E-state index contributed by atoms with van der Waals surface area (Å²) in [4.78, 5) is 17.7. The van der Waals surface area contributed by atoms with E-state index in [-0.39, 0.29) is 12.5 Å². The maximum absolute atomic E-state index is 12.9. The number of hydrogen-bond acceptors (Lipinski definition) is 3. The second-order valence-electron chi connectivity index (χ2n) is 5.88. The molecule has 1 unspecified atom stereocenters. The van der Waals surface area contributed by atoms with Crippen molar-refractivity contribution < 1.29 is 13.2 Å². The van der Waals surface area contributed by atoms with Crippen molar-refractivity contribution in [2.45, 2.75) is 25.5 Å². The minimum Gasteiger partial charge on any atom is -0.358 e. The summed E-state index contributed by atoms with van der Waals surface area (Å²) in [6.07, 6.45) is 0.475. The Bertz CT molecular complexity index is 841. The smallest absolute Gasteiger partial charge is 0.256 e. The largest absolute Gasteiger partial charge is 0.358 e. The molecule has 1 amide bonds. The molecule has 1 aromatic carbocycles. The summed E-state index contributed by atoms with van der Waals surface area (Å²) >= 11 is 0. The van der Waals surface area contributed by atoms with Crippen LogP contribution in [0.15, 0.2) is 24.3 Å². The average Bonchev–Trinajstić information content (AvgIpc) is 3.10. The molecule has 2 heterocycles. The van der Waals surface area contributed by atoms with Gasteiger partial charge in [-0.05, 0) is 19.4 Å². The average molecular weight is 335 g/mol. The summed E-state index contributed by atoms with van der Waals surface area (Å²) in [5.41, 5.74) is 2.38. The van der Waals surface area contributed by atoms with Gasteiger partial charge in [0.1, 0.15) is 0 Å². The van der Waals surface area contributed by atoms with Crippen LogP contribution in [0, 0.1) is 6.92 Å². The monoisotopic (exact) mass is 335 g/mol. The van der Waals surface area contributed by atoms with E-state index >= 15 is 0 Å². The van der Waals surface area contributed by atoms with Gasteiger partial charge in [-0.2, -0.15) is 0 Å². The number of aryl methyl sites for hydroxylation is 1. The normalized spacial score (nSPS) is 18.7. The van der Waals surface area contributed by atoms with Crippen LogP contribution < -0.4 is 4.72 Å². The van der Waals surface area contributed by atoms with Gasteiger partial charge in [0.25, 0.3) is 5.91 Å². The standard InChI is InChI=1S/C16H21N3O3S/c1-3-17-23(21,22)12-8-9-19(10-12)16(20)15-11(2)18-14-7-5-4-6-13(14)15/h4-7,12,17-18H,3,8-10H2,1-2H3. The molecule has 6 nitrogen and oxygen atoms in total. The lowest BCUT2D eigenvalue weighted by Crippen LogP contribution is -2.37. The number of aromatic amines is 1. The second-order valence-corrected chi connectivity index (χ2v) is 7.92. The maximum Gasteiger partial charge on any atom is 0.256 e. The highest BCUT2D eigenvalue weighted by Gasteiger charge is 2.36. The zero-order valence-corrected chi connectivity index (χ0v) is 14.1. The summed E-state index contributed by atoms with van der Waals surface area (Å²) in [7, 11) is -3.35. The molecule has 2 aromatic rings. The molecule has 1 aromatic heterocycles. The number of hydrogen-bond donors (Lipinski definition) is 2. The quantitative estimate of drug-likeness (QED) is 0.891. The van der Waals surface area contributed by atoms with Gasteiger partial charge < -0.3 is 9.88 Å². The van der Waals surface area contributed by atoms with E-state index in [2.05, 4.69) is 9.71 Å². The third-order valence-electron chi connectivity index (χ3n) is 4.32. The number of carbonyl (C=O) groups is 1. The number of nitrogens with zero attached hydrogens (tertiary/aromatic N) is 1. The van der Waals surface area contributed by atoms with E-state index in [9.17, 15) is 13.2 Å². The van der Waals surface area contributed by atoms with Crippen LogP contribution in [0.5, 0.6) is 0 Å². The molecule has 124 valence electrons. The molecule has 1 fully saturated rings. The summed E-state index contributed by atoms with van der Waals surface area (Å²) in [5.74, 6) is -0.103. The highest BCUT2D eigenvalue weighted by molar-refractivity contribution is 7.90. The van der Waals surface area contributed by atoms with Crippen molar-refractivity contribution in [2.75, 3.05) is 19.6 Å². The zero-order chi connectivity index (χ0) is 16.6.